The predicted molar refractivity (Wildman–Crippen MR) is 68.2 cm³/mol. The first-order chi connectivity index (χ1) is 9.09. The van der Waals surface area contributed by atoms with Gasteiger partial charge in [0.15, 0.2) is 0 Å². The van der Waals surface area contributed by atoms with Gasteiger partial charge < -0.3 is 10.0 Å². The number of likely N-dealkylation sites (tertiary alicyclic amines) is 1. The molecule has 0 aromatic rings. The number of fused-ring (bicyclic) bond motifs is 5. The SMILES string of the molecule is CC1C(C(=O)O)CCN1C(=O)C1C2C3CCC(C3)C12. The van der Waals surface area contributed by atoms with Gasteiger partial charge in [0.1, 0.15) is 0 Å². The number of aliphatic carboxylic acids is 1. The molecule has 2 bridgehead atoms. The van der Waals surface area contributed by atoms with E-state index in [-0.39, 0.29) is 23.8 Å². The second kappa shape index (κ2) is 3.74. The largest absolute Gasteiger partial charge is 0.481 e. The Morgan fingerprint density at radius 1 is 1.11 bits per heavy atom. The topological polar surface area (TPSA) is 57.6 Å². The van der Waals surface area contributed by atoms with Gasteiger partial charge in [0.25, 0.3) is 0 Å². The Balaban J connectivity index is 1.47. The molecule has 3 aliphatic carbocycles. The first-order valence-corrected chi connectivity index (χ1v) is 7.63. The Kier molecular flexibility index (Phi) is 2.31. The van der Waals surface area contributed by atoms with Gasteiger partial charge in [-0.3, -0.25) is 9.59 Å². The average Bonchev–Trinajstić information content (AvgIpc) is 2.72. The van der Waals surface area contributed by atoms with E-state index >= 15 is 0 Å². The van der Waals surface area contributed by atoms with Crippen LogP contribution in [0.5, 0.6) is 0 Å². The molecule has 19 heavy (non-hydrogen) atoms. The molecule has 0 aromatic heterocycles. The van der Waals surface area contributed by atoms with Crippen LogP contribution in [0.15, 0.2) is 0 Å². The Bertz CT molecular complexity index is 433. The minimum atomic E-state index is -0.751. The molecule has 1 heterocycles. The number of carbonyl (C=O) groups excluding carboxylic acids is 1. The van der Waals surface area contributed by atoms with Crippen LogP contribution >= 0.6 is 0 Å². The van der Waals surface area contributed by atoms with Gasteiger partial charge >= 0.3 is 5.97 Å². The molecule has 1 amide bonds. The standard InChI is InChI=1S/C15H21NO3/c1-7-10(15(18)19)4-5-16(7)14(17)13-11-8-2-3-9(6-8)12(11)13/h7-13H,2-6H2,1H3,(H,18,19). The molecule has 6 unspecified atom stereocenters. The summed E-state index contributed by atoms with van der Waals surface area (Å²) in [5.41, 5.74) is 0. The highest BCUT2D eigenvalue weighted by Gasteiger charge is 2.68. The van der Waals surface area contributed by atoms with Crippen LogP contribution in [0.1, 0.15) is 32.6 Å². The molecule has 1 N–H and O–H groups in total. The van der Waals surface area contributed by atoms with Crippen LogP contribution in [0.25, 0.3) is 0 Å². The van der Waals surface area contributed by atoms with Crippen molar-refractivity contribution >= 4 is 11.9 Å². The minimum absolute atomic E-state index is 0.121. The molecule has 104 valence electrons. The van der Waals surface area contributed by atoms with Gasteiger partial charge in [-0.1, -0.05) is 0 Å². The molecular formula is C15H21NO3. The lowest BCUT2D eigenvalue weighted by molar-refractivity contribution is -0.143. The Morgan fingerprint density at radius 3 is 2.26 bits per heavy atom. The molecule has 1 saturated heterocycles. The fraction of sp³-hybridized carbons (Fsp3) is 0.867. The molecule has 4 rings (SSSR count). The second-order valence-corrected chi connectivity index (χ2v) is 7.02. The predicted octanol–water partition coefficient (Wildman–Crippen LogP) is 1.60. The van der Waals surface area contributed by atoms with Crippen molar-refractivity contribution < 1.29 is 14.7 Å². The average molecular weight is 263 g/mol. The molecule has 4 aliphatic rings. The van der Waals surface area contributed by atoms with Gasteiger partial charge in [-0.05, 0) is 56.3 Å². The van der Waals surface area contributed by atoms with E-state index in [0.29, 0.717) is 24.8 Å². The molecule has 0 spiro atoms. The van der Waals surface area contributed by atoms with Gasteiger partial charge in [0.05, 0.1) is 5.92 Å². The van der Waals surface area contributed by atoms with Gasteiger partial charge in [-0.15, -0.1) is 0 Å². The van der Waals surface area contributed by atoms with Crippen molar-refractivity contribution in [2.75, 3.05) is 6.54 Å². The summed E-state index contributed by atoms with van der Waals surface area (Å²) < 4.78 is 0. The Labute approximate surface area is 113 Å². The van der Waals surface area contributed by atoms with Crippen molar-refractivity contribution in [1.82, 2.24) is 4.90 Å². The number of carbonyl (C=O) groups is 2. The lowest BCUT2D eigenvalue weighted by Crippen LogP contribution is -2.39. The number of amides is 1. The summed E-state index contributed by atoms with van der Waals surface area (Å²) >= 11 is 0. The molecular weight excluding hydrogens is 242 g/mol. The van der Waals surface area contributed by atoms with Crippen molar-refractivity contribution in [2.45, 2.75) is 38.6 Å². The van der Waals surface area contributed by atoms with E-state index in [1.807, 2.05) is 11.8 Å². The van der Waals surface area contributed by atoms with Crippen molar-refractivity contribution in [3.63, 3.8) is 0 Å². The van der Waals surface area contributed by atoms with Crippen molar-refractivity contribution in [1.29, 1.82) is 0 Å². The van der Waals surface area contributed by atoms with E-state index in [9.17, 15) is 9.59 Å². The third kappa shape index (κ3) is 1.46. The summed E-state index contributed by atoms with van der Waals surface area (Å²) in [5, 5.41) is 9.15. The highest BCUT2D eigenvalue weighted by Crippen LogP contribution is 2.69. The molecule has 4 nitrogen and oxygen atoms in total. The number of nitrogens with zero attached hydrogens (tertiary/aromatic N) is 1. The van der Waals surface area contributed by atoms with E-state index in [1.54, 1.807) is 0 Å². The molecule has 6 atom stereocenters. The minimum Gasteiger partial charge on any atom is -0.481 e. The van der Waals surface area contributed by atoms with Crippen LogP contribution in [0.4, 0.5) is 0 Å². The first kappa shape index (κ1) is 11.7. The lowest BCUT2D eigenvalue weighted by Gasteiger charge is -2.24. The quantitative estimate of drug-likeness (QED) is 0.823. The number of rotatable bonds is 2. The summed E-state index contributed by atoms with van der Waals surface area (Å²) in [6.07, 6.45) is 4.62. The van der Waals surface area contributed by atoms with Crippen molar-refractivity contribution in [3.05, 3.63) is 0 Å². The van der Waals surface area contributed by atoms with E-state index in [0.717, 1.165) is 11.8 Å². The molecule has 3 saturated carbocycles. The highest BCUT2D eigenvalue weighted by atomic mass is 16.4. The number of hydrogen-bond donors (Lipinski definition) is 1. The monoisotopic (exact) mass is 263 g/mol. The van der Waals surface area contributed by atoms with Crippen LogP contribution in [-0.4, -0.2) is 34.5 Å². The number of carboxylic acid groups (broad SMARTS) is 1. The zero-order chi connectivity index (χ0) is 13.3. The molecule has 4 fully saturated rings. The molecule has 1 aliphatic heterocycles. The molecule has 4 heteroatoms. The first-order valence-electron chi connectivity index (χ1n) is 7.63. The summed E-state index contributed by atoms with van der Waals surface area (Å²) in [6.45, 7) is 2.54. The zero-order valence-electron chi connectivity index (χ0n) is 11.3. The van der Waals surface area contributed by atoms with E-state index < -0.39 is 5.97 Å². The molecule has 0 radical (unpaired) electrons. The summed E-state index contributed by atoms with van der Waals surface area (Å²) in [6, 6.07) is -0.121. The smallest absolute Gasteiger partial charge is 0.308 e. The van der Waals surface area contributed by atoms with Crippen LogP contribution < -0.4 is 0 Å². The normalized spacial score (nSPS) is 50.4. The maximum absolute atomic E-state index is 12.7. The summed E-state index contributed by atoms with van der Waals surface area (Å²) in [7, 11) is 0. The maximum atomic E-state index is 12.7. The fourth-order valence-electron chi connectivity index (χ4n) is 5.43. The van der Waals surface area contributed by atoms with E-state index in [4.69, 9.17) is 5.11 Å². The molecule has 0 aromatic carbocycles. The van der Waals surface area contributed by atoms with Crippen molar-refractivity contribution in [3.8, 4) is 0 Å². The lowest BCUT2D eigenvalue weighted by atomic mass is 10.00. The van der Waals surface area contributed by atoms with Crippen LogP contribution in [0.2, 0.25) is 0 Å². The second-order valence-electron chi connectivity index (χ2n) is 7.02. The zero-order valence-corrected chi connectivity index (χ0v) is 11.3. The fourth-order valence-corrected chi connectivity index (χ4v) is 5.43. The van der Waals surface area contributed by atoms with Gasteiger partial charge in [-0.2, -0.15) is 0 Å². The third-order valence-corrected chi connectivity index (χ3v) is 6.38. The summed E-state index contributed by atoms with van der Waals surface area (Å²) in [5.74, 6) is 2.32. The third-order valence-electron chi connectivity index (χ3n) is 6.38. The number of carboxylic acids is 1. The van der Waals surface area contributed by atoms with E-state index in [2.05, 4.69) is 0 Å². The highest BCUT2D eigenvalue weighted by molar-refractivity contribution is 5.84. The van der Waals surface area contributed by atoms with Crippen molar-refractivity contribution in [2.24, 2.45) is 35.5 Å². The van der Waals surface area contributed by atoms with Crippen LogP contribution in [0.3, 0.4) is 0 Å². The maximum Gasteiger partial charge on any atom is 0.308 e. The Hall–Kier alpha value is -1.06. The van der Waals surface area contributed by atoms with Gasteiger partial charge in [0.2, 0.25) is 5.91 Å². The van der Waals surface area contributed by atoms with Gasteiger partial charge in [0, 0.05) is 18.5 Å². The summed E-state index contributed by atoms with van der Waals surface area (Å²) in [4.78, 5) is 25.7. The van der Waals surface area contributed by atoms with Crippen LogP contribution in [-0.2, 0) is 9.59 Å². The van der Waals surface area contributed by atoms with Crippen LogP contribution in [0, 0.1) is 35.5 Å². The van der Waals surface area contributed by atoms with E-state index in [1.165, 1.54) is 19.3 Å². The van der Waals surface area contributed by atoms with Gasteiger partial charge in [-0.25, -0.2) is 0 Å². The Morgan fingerprint density at radius 2 is 1.74 bits per heavy atom. The number of hydrogen-bond acceptors (Lipinski definition) is 2.